The van der Waals surface area contributed by atoms with Crippen LogP contribution in [0, 0.1) is 17.7 Å². The fourth-order valence-corrected chi connectivity index (χ4v) is 2.06. The smallest absolute Gasteiger partial charge is 0.256 e. The van der Waals surface area contributed by atoms with E-state index in [0.717, 1.165) is 6.42 Å². The van der Waals surface area contributed by atoms with Gasteiger partial charge in [0, 0.05) is 12.3 Å². The first kappa shape index (κ1) is 14.5. The van der Waals surface area contributed by atoms with Crippen LogP contribution in [0.5, 0.6) is 0 Å². The molecule has 106 valence electrons. The van der Waals surface area contributed by atoms with E-state index < -0.39 is 11.4 Å². The molecule has 0 radical (unpaired) electrons. The van der Waals surface area contributed by atoms with Gasteiger partial charge in [0.2, 0.25) is 0 Å². The topological polar surface area (TPSA) is 64.4 Å². The number of benzene rings is 1. The van der Waals surface area contributed by atoms with Gasteiger partial charge in [-0.05, 0) is 38.0 Å². The number of nitrogens with two attached hydrogens (primary N) is 1. The van der Waals surface area contributed by atoms with Crippen molar-refractivity contribution in [2.75, 3.05) is 18.5 Å². The minimum Gasteiger partial charge on any atom is -0.365 e. The van der Waals surface area contributed by atoms with E-state index >= 15 is 0 Å². The molecular weight excluding hydrogens is 259 g/mol. The lowest BCUT2D eigenvalue weighted by Gasteiger charge is -2.21. The van der Waals surface area contributed by atoms with Gasteiger partial charge in [-0.3, -0.25) is 4.79 Å². The second kappa shape index (κ2) is 6.04. The zero-order chi connectivity index (χ0) is 14.6. The Kier molecular flexibility index (Phi) is 4.38. The zero-order valence-corrected chi connectivity index (χ0v) is 11.3. The average Bonchev–Trinajstić information content (AvgIpc) is 2.86. The molecule has 1 aliphatic rings. The van der Waals surface area contributed by atoms with Crippen LogP contribution in [0.25, 0.3) is 0 Å². The van der Waals surface area contributed by atoms with E-state index in [2.05, 4.69) is 17.2 Å². The molecule has 0 saturated carbocycles. The highest BCUT2D eigenvalue weighted by molar-refractivity contribution is 5.97. The first-order chi connectivity index (χ1) is 9.55. The molecule has 1 aliphatic heterocycles. The Morgan fingerprint density at radius 3 is 3.00 bits per heavy atom. The molecule has 1 atom stereocenters. The number of hydrogen-bond acceptors (Lipinski definition) is 3. The summed E-state index contributed by atoms with van der Waals surface area (Å²) in [6.45, 7) is 2.49. The number of nitrogens with one attached hydrogen (secondary N) is 1. The molecule has 0 aromatic heterocycles. The number of carbonyl (C=O) groups excluding carboxylic acids is 1. The minimum absolute atomic E-state index is 0.174. The van der Waals surface area contributed by atoms with Gasteiger partial charge in [-0.1, -0.05) is 11.8 Å². The van der Waals surface area contributed by atoms with Gasteiger partial charge >= 0.3 is 0 Å². The number of hydrogen-bond donors (Lipinski definition) is 2. The number of ether oxygens (including phenoxy) is 1. The van der Waals surface area contributed by atoms with Gasteiger partial charge in [-0.2, -0.15) is 0 Å². The molecular formula is C15H17FN2O2. The molecule has 1 fully saturated rings. The van der Waals surface area contributed by atoms with E-state index in [1.165, 1.54) is 12.1 Å². The molecule has 0 aliphatic carbocycles. The van der Waals surface area contributed by atoms with Crippen molar-refractivity contribution in [3.05, 3.63) is 29.6 Å². The van der Waals surface area contributed by atoms with Crippen LogP contribution in [-0.4, -0.2) is 24.7 Å². The van der Waals surface area contributed by atoms with Crippen molar-refractivity contribution in [3.63, 3.8) is 0 Å². The van der Waals surface area contributed by atoms with Crippen LogP contribution >= 0.6 is 0 Å². The highest BCUT2D eigenvalue weighted by Crippen LogP contribution is 2.26. The molecule has 1 aromatic rings. The van der Waals surface area contributed by atoms with Crippen molar-refractivity contribution < 1.29 is 13.9 Å². The average molecular weight is 276 g/mol. The Labute approximate surface area is 117 Å². The third-order valence-corrected chi connectivity index (χ3v) is 3.25. The quantitative estimate of drug-likeness (QED) is 0.807. The van der Waals surface area contributed by atoms with Gasteiger partial charge in [-0.15, -0.1) is 0 Å². The fraction of sp³-hybridized carbons (Fsp3) is 0.400. The summed E-state index contributed by atoms with van der Waals surface area (Å²) in [4.78, 5) is 12.1. The van der Waals surface area contributed by atoms with Crippen LogP contribution < -0.4 is 11.1 Å². The van der Waals surface area contributed by atoms with Crippen molar-refractivity contribution in [1.29, 1.82) is 0 Å². The maximum atomic E-state index is 13.8. The summed E-state index contributed by atoms with van der Waals surface area (Å²) in [5, 5.41) is 2.67. The normalized spacial score (nSPS) is 21.1. The number of anilines is 1. The summed E-state index contributed by atoms with van der Waals surface area (Å²) in [5.74, 6) is 4.48. The van der Waals surface area contributed by atoms with Crippen LogP contribution in [0.4, 0.5) is 10.1 Å². The van der Waals surface area contributed by atoms with Gasteiger partial charge in [0.25, 0.3) is 5.91 Å². The van der Waals surface area contributed by atoms with E-state index in [4.69, 9.17) is 10.5 Å². The molecule has 4 nitrogen and oxygen atoms in total. The summed E-state index contributed by atoms with van der Waals surface area (Å²) in [5.41, 5.74) is 5.07. The third-order valence-electron chi connectivity index (χ3n) is 3.25. The molecule has 1 heterocycles. The predicted molar refractivity (Wildman–Crippen MR) is 74.6 cm³/mol. The Balaban J connectivity index is 2.10. The second-order valence-electron chi connectivity index (χ2n) is 4.84. The van der Waals surface area contributed by atoms with Crippen LogP contribution in [0.3, 0.4) is 0 Å². The number of amides is 1. The molecule has 0 bridgehead atoms. The fourth-order valence-electron chi connectivity index (χ4n) is 2.06. The van der Waals surface area contributed by atoms with Crippen molar-refractivity contribution in [2.24, 2.45) is 5.73 Å². The molecule has 1 saturated heterocycles. The maximum Gasteiger partial charge on any atom is 0.256 e. The third kappa shape index (κ3) is 3.16. The van der Waals surface area contributed by atoms with Crippen molar-refractivity contribution in [3.8, 4) is 11.8 Å². The molecule has 2 rings (SSSR count). The van der Waals surface area contributed by atoms with E-state index in [0.29, 0.717) is 18.7 Å². The van der Waals surface area contributed by atoms with E-state index in [1.807, 2.05) is 0 Å². The van der Waals surface area contributed by atoms with Gasteiger partial charge in [0.1, 0.15) is 11.4 Å². The molecule has 1 amide bonds. The number of rotatable bonds is 2. The Morgan fingerprint density at radius 2 is 2.40 bits per heavy atom. The Hall–Kier alpha value is -1.90. The van der Waals surface area contributed by atoms with E-state index in [9.17, 15) is 9.18 Å². The molecule has 0 spiro atoms. The number of halogens is 1. The Bertz CT molecular complexity index is 569. The van der Waals surface area contributed by atoms with E-state index in [-0.39, 0.29) is 18.0 Å². The van der Waals surface area contributed by atoms with Gasteiger partial charge in [-0.25, -0.2) is 4.39 Å². The van der Waals surface area contributed by atoms with Crippen LogP contribution in [0.1, 0.15) is 25.3 Å². The first-order valence-electron chi connectivity index (χ1n) is 6.49. The molecule has 20 heavy (non-hydrogen) atoms. The standard InChI is InChI=1S/C15H17FN2O2/c1-15(7-3-9-20-15)14(19)18-12-6-5-11(4-2-8-17)13(16)10-12/h5-6,10H,3,7-9,17H2,1H3,(H,18,19). The zero-order valence-electron chi connectivity index (χ0n) is 11.3. The lowest BCUT2D eigenvalue weighted by molar-refractivity contribution is -0.133. The summed E-state index contributed by atoms with van der Waals surface area (Å²) >= 11 is 0. The lowest BCUT2D eigenvalue weighted by Crippen LogP contribution is -2.39. The van der Waals surface area contributed by atoms with Crippen LogP contribution in [0.2, 0.25) is 0 Å². The van der Waals surface area contributed by atoms with Gasteiger partial charge < -0.3 is 15.8 Å². The van der Waals surface area contributed by atoms with Gasteiger partial charge in [0.15, 0.2) is 0 Å². The first-order valence-corrected chi connectivity index (χ1v) is 6.49. The van der Waals surface area contributed by atoms with Crippen LogP contribution in [-0.2, 0) is 9.53 Å². The summed E-state index contributed by atoms with van der Waals surface area (Å²) in [7, 11) is 0. The molecule has 1 aromatic carbocycles. The van der Waals surface area contributed by atoms with Crippen molar-refractivity contribution >= 4 is 11.6 Å². The number of carbonyl (C=O) groups is 1. The van der Waals surface area contributed by atoms with Crippen molar-refractivity contribution in [2.45, 2.75) is 25.4 Å². The SMILES string of the molecule is CC1(C(=O)Nc2ccc(C#CCN)c(F)c2)CCCO1. The summed E-state index contributed by atoms with van der Waals surface area (Å²) in [6.07, 6.45) is 1.52. The predicted octanol–water partition coefficient (Wildman–Crippen LogP) is 1.64. The minimum atomic E-state index is -0.825. The highest BCUT2D eigenvalue weighted by Gasteiger charge is 2.37. The van der Waals surface area contributed by atoms with E-state index in [1.54, 1.807) is 13.0 Å². The van der Waals surface area contributed by atoms with Gasteiger partial charge in [0.05, 0.1) is 12.1 Å². The summed E-state index contributed by atoms with van der Waals surface area (Å²) in [6, 6.07) is 4.38. The molecule has 1 unspecified atom stereocenters. The summed E-state index contributed by atoms with van der Waals surface area (Å²) < 4.78 is 19.2. The molecule has 5 heteroatoms. The monoisotopic (exact) mass is 276 g/mol. The van der Waals surface area contributed by atoms with Crippen LogP contribution in [0.15, 0.2) is 18.2 Å². The Morgan fingerprint density at radius 1 is 1.60 bits per heavy atom. The highest BCUT2D eigenvalue weighted by atomic mass is 19.1. The second-order valence-corrected chi connectivity index (χ2v) is 4.84. The lowest BCUT2D eigenvalue weighted by atomic mass is 10.0. The largest absolute Gasteiger partial charge is 0.365 e. The molecule has 3 N–H and O–H groups in total. The maximum absolute atomic E-state index is 13.8. The van der Waals surface area contributed by atoms with Crippen molar-refractivity contribution in [1.82, 2.24) is 0 Å².